The van der Waals surface area contributed by atoms with Crippen LogP contribution in [0.1, 0.15) is 26.7 Å². The van der Waals surface area contributed by atoms with Crippen molar-refractivity contribution in [1.29, 1.82) is 0 Å². The van der Waals surface area contributed by atoms with Gasteiger partial charge in [0.2, 0.25) is 0 Å². The van der Waals surface area contributed by atoms with Crippen LogP contribution < -0.4 is 11.1 Å². The van der Waals surface area contributed by atoms with E-state index in [2.05, 4.69) is 19.2 Å². The molecule has 0 saturated heterocycles. The molecule has 0 saturated carbocycles. The maximum Gasteiger partial charge on any atom is 0.167 e. The number of anilines is 2. The van der Waals surface area contributed by atoms with E-state index in [0.29, 0.717) is 21.9 Å². The number of carbonyl (C=O) groups is 1. The van der Waals surface area contributed by atoms with Crippen molar-refractivity contribution in [1.82, 2.24) is 0 Å². The van der Waals surface area contributed by atoms with Crippen LogP contribution in [0.25, 0.3) is 0 Å². The number of Topliss-reactive ketones (excluding diaryl/α,β-unsaturated/α-hetero) is 1. The monoisotopic (exact) mass is 320 g/mol. The standard InChI is InChI=1S/C16H20N2OS2/c1-16(2)8-12(14(13(19)9-16)15(20)21-3)18-11-7-5-4-6-10(11)17/h4-7,18H,8-9,17H2,1-3H3. The second-order valence-electron chi connectivity index (χ2n) is 6.00. The molecule has 0 aromatic heterocycles. The molecule has 3 N–H and O–H groups in total. The molecule has 21 heavy (non-hydrogen) atoms. The first-order valence-corrected chi connectivity index (χ1v) is 8.43. The Hall–Kier alpha value is -1.33. The third kappa shape index (κ3) is 3.66. The number of thiocarbonyl (C=S) groups is 1. The lowest BCUT2D eigenvalue weighted by atomic mass is 9.76. The minimum atomic E-state index is -0.0690. The zero-order valence-corrected chi connectivity index (χ0v) is 14.2. The molecule has 0 unspecified atom stereocenters. The predicted octanol–water partition coefficient (Wildman–Crippen LogP) is 4.01. The lowest BCUT2D eigenvalue weighted by Crippen LogP contribution is -2.30. The highest BCUT2D eigenvalue weighted by molar-refractivity contribution is 8.23. The summed E-state index contributed by atoms with van der Waals surface area (Å²) in [5, 5.41) is 3.33. The van der Waals surface area contributed by atoms with Gasteiger partial charge < -0.3 is 11.1 Å². The van der Waals surface area contributed by atoms with E-state index in [0.717, 1.165) is 17.8 Å². The normalized spacial score (nSPS) is 17.8. The van der Waals surface area contributed by atoms with Crippen molar-refractivity contribution in [3.8, 4) is 0 Å². The number of nitrogen functional groups attached to an aromatic ring is 1. The van der Waals surface area contributed by atoms with Crippen LogP contribution in [-0.4, -0.2) is 16.2 Å². The molecule has 1 aromatic carbocycles. The maximum absolute atomic E-state index is 12.5. The first-order chi connectivity index (χ1) is 9.84. The van der Waals surface area contributed by atoms with E-state index in [4.69, 9.17) is 18.0 Å². The molecule has 0 heterocycles. The lowest BCUT2D eigenvalue weighted by molar-refractivity contribution is -0.117. The number of ketones is 1. The van der Waals surface area contributed by atoms with E-state index in [1.165, 1.54) is 11.8 Å². The summed E-state index contributed by atoms with van der Waals surface area (Å²) in [5.41, 5.74) is 8.93. The van der Waals surface area contributed by atoms with Gasteiger partial charge in [-0.15, -0.1) is 11.8 Å². The second-order valence-corrected chi connectivity index (χ2v) is 7.48. The van der Waals surface area contributed by atoms with Gasteiger partial charge in [0.15, 0.2) is 5.78 Å². The van der Waals surface area contributed by atoms with Crippen LogP contribution in [0.2, 0.25) is 0 Å². The van der Waals surface area contributed by atoms with E-state index in [-0.39, 0.29) is 11.2 Å². The Bertz CT molecular complexity index is 620. The highest BCUT2D eigenvalue weighted by Crippen LogP contribution is 2.39. The molecule has 112 valence electrons. The number of nitrogens with one attached hydrogen (secondary N) is 1. The molecule has 0 bridgehead atoms. The van der Waals surface area contributed by atoms with E-state index < -0.39 is 0 Å². The molecule has 0 radical (unpaired) electrons. The maximum atomic E-state index is 12.5. The van der Waals surface area contributed by atoms with Gasteiger partial charge in [-0.1, -0.05) is 38.2 Å². The Morgan fingerprint density at radius 2 is 2.00 bits per heavy atom. The first kappa shape index (κ1) is 16.0. The summed E-state index contributed by atoms with van der Waals surface area (Å²) in [4.78, 5) is 12.5. The fourth-order valence-corrected chi connectivity index (χ4v) is 3.22. The van der Waals surface area contributed by atoms with Gasteiger partial charge in [-0.3, -0.25) is 4.79 Å². The van der Waals surface area contributed by atoms with E-state index in [9.17, 15) is 4.79 Å². The summed E-state index contributed by atoms with van der Waals surface area (Å²) in [5.74, 6) is 0.114. The van der Waals surface area contributed by atoms with Crippen LogP contribution in [0, 0.1) is 5.41 Å². The smallest absolute Gasteiger partial charge is 0.167 e. The molecule has 0 atom stereocenters. The minimum absolute atomic E-state index is 0.0690. The predicted molar refractivity (Wildman–Crippen MR) is 95.6 cm³/mol. The van der Waals surface area contributed by atoms with E-state index in [1.807, 2.05) is 30.5 Å². The highest BCUT2D eigenvalue weighted by Gasteiger charge is 2.34. The fraction of sp³-hybridized carbons (Fsp3) is 0.375. The molecule has 2 rings (SSSR count). The molecule has 1 aliphatic rings. The molecule has 5 heteroatoms. The molecule has 3 nitrogen and oxygen atoms in total. The number of allylic oxidation sites excluding steroid dienone is 1. The van der Waals surface area contributed by atoms with Gasteiger partial charge in [0, 0.05) is 12.1 Å². The Kier molecular flexibility index (Phi) is 4.74. The van der Waals surface area contributed by atoms with Crippen LogP contribution in [0.5, 0.6) is 0 Å². The number of carbonyl (C=O) groups excluding carboxylic acids is 1. The lowest BCUT2D eigenvalue weighted by Gasteiger charge is -2.32. The third-order valence-corrected chi connectivity index (χ3v) is 4.79. The number of para-hydroxylation sites is 2. The van der Waals surface area contributed by atoms with Crippen LogP contribution >= 0.6 is 24.0 Å². The Balaban J connectivity index is 2.45. The number of thioether (sulfide) groups is 1. The van der Waals surface area contributed by atoms with Crippen molar-refractivity contribution < 1.29 is 4.79 Å². The molecule has 0 spiro atoms. The zero-order valence-electron chi connectivity index (χ0n) is 12.5. The molecule has 0 fully saturated rings. The van der Waals surface area contributed by atoms with E-state index in [1.54, 1.807) is 0 Å². The molecular formula is C16H20N2OS2. The summed E-state index contributed by atoms with van der Waals surface area (Å²) < 4.78 is 0.646. The third-order valence-electron chi connectivity index (χ3n) is 3.51. The zero-order chi connectivity index (χ0) is 15.6. The van der Waals surface area contributed by atoms with Crippen molar-refractivity contribution in [3.05, 3.63) is 35.5 Å². The highest BCUT2D eigenvalue weighted by atomic mass is 32.2. The average Bonchev–Trinajstić information content (AvgIpc) is 2.39. The van der Waals surface area contributed by atoms with E-state index >= 15 is 0 Å². The van der Waals surface area contributed by atoms with Crippen LogP contribution in [0.4, 0.5) is 11.4 Å². The van der Waals surface area contributed by atoms with Crippen molar-refractivity contribution in [3.63, 3.8) is 0 Å². The van der Waals surface area contributed by atoms with Gasteiger partial charge in [-0.2, -0.15) is 0 Å². The molecular weight excluding hydrogens is 300 g/mol. The van der Waals surface area contributed by atoms with Gasteiger partial charge in [-0.25, -0.2) is 0 Å². The Labute approximate surface area is 135 Å². The first-order valence-electron chi connectivity index (χ1n) is 6.80. The summed E-state index contributed by atoms with van der Waals surface area (Å²) in [6.07, 6.45) is 3.21. The second kappa shape index (κ2) is 6.20. The Morgan fingerprint density at radius 1 is 1.33 bits per heavy atom. The number of hydrogen-bond donors (Lipinski definition) is 2. The fourth-order valence-electron chi connectivity index (χ4n) is 2.54. The summed E-state index contributed by atoms with van der Waals surface area (Å²) in [7, 11) is 0. The quantitative estimate of drug-likeness (QED) is 0.651. The summed E-state index contributed by atoms with van der Waals surface area (Å²) in [6.45, 7) is 4.19. The summed E-state index contributed by atoms with van der Waals surface area (Å²) in [6, 6.07) is 7.55. The van der Waals surface area contributed by atoms with Gasteiger partial charge in [0.05, 0.1) is 21.1 Å². The average molecular weight is 320 g/mol. The van der Waals surface area contributed by atoms with Gasteiger partial charge >= 0.3 is 0 Å². The molecule has 1 aromatic rings. The number of nitrogens with two attached hydrogens (primary N) is 1. The summed E-state index contributed by atoms with van der Waals surface area (Å²) >= 11 is 6.80. The van der Waals surface area contributed by atoms with Crippen molar-refractivity contribution in [2.75, 3.05) is 17.3 Å². The largest absolute Gasteiger partial charge is 0.397 e. The number of hydrogen-bond acceptors (Lipinski definition) is 5. The van der Waals surface area contributed by atoms with Crippen molar-refractivity contribution in [2.24, 2.45) is 5.41 Å². The SMILES string of the molecule is CSC(=S)C1=C(Nc2ccccc2N)CC(C)(C)CC1=O. The number of rotatable bonds is 3. The van der Waals surface area contributed by atoms with Crippen LogP contribution in [-0.2, 0) is 4.79 Å². The van der Waals surface area contributed by atoms with Gasteiger partial charge in [-0.05, 0) is 30.2 Å². The van der Waals surface area contributed by atoms with Crippen molar-refractivity contribution in [2.45, 2.75) is 26.7 Å². The molecule has 0 aliphatic heterocycles. The number of benzene rings is 1. The van der Waals surface area contributed by atoms with Crippen LogP contribution in [0.3, 0.4) is 0 Å². The topological polar surface area (TPSA) is 55.1 Å². The Morgan fingerprint density at radius 3 is 2.62 bits per heavy atom. The van der Waals surface area contributed by atoms with Gasteiger partial charge in [0.1, 0.15) is 0 Å². The minimum Gasteiger partial charge on any atom is -0.397 e. The molecule has 0 amide bonds. The molecule has 1 aliphatic carbocycles. The van der Waals surface area contributed by atoms with Gasteiger partial charge in [0.25, 0.3) is 0 Å². The van der Waals surface area contributed by atoms with Crippen molar-refractivity contribution >= 4 is 45.3 Å². The van der Waals surface area contributed by atoms with Crippen LogP contribution in [0.15, 0.2) is 35.5 Å².